The first-order valence-electron chi connectivity index (χ1n) is 4.70. The molecule has 3 unspecified atom stereocenters. The maximum Gasteiger partial charge on any atom is 0.163 e. The molecule has 2 saturated carbocycles. The van der Waals surface area contributed by atoms with Crippen molar-refractivity contribution in [2.45, 2.75) is 18.4 Å². The van der Waals surface area contributed by atoms with Crippen molar-refractivity contribution in [3.63, 3.8) is 0 Å². The Morgan fingerprint density at radius 3 is 2.85 bits per heavy atom. The van der Waals surface area contributed by atoms with Gasteiger partial charge in [-0.2, -0.15) is 12.6 Å². The lowest BCUT2D eigenvalue weighted by atomic mass is 10.1. The quantitative estimate of drug-likeness (QED) is 0.478. The Kier molecular flexibility index (Phi) is 2.38. The van der Waals surface area contributed by atoms with Crippen LogP contribution in [-0.2, 0) is 9.53 Å². The number of fused-ring (bicyclic) bond motifs is 1. The van der Waals surface area contributed by atoms with Gasteiger partial charge in [0, 0.05) is 18.1 Å². The summed E-state index contributed by atoms with van der Waals surface area (Å²) >= 11 is 4.05. The van der Waals surface area contributed by atoms with E-state index in [0.29, 0.717) is 12.5 Å². The number of carbonyl (C=O) groups is 1. The van der Waals surface area contributed by atoms with Gasteiger partial charge in [0.25, 0.3) is 0 Å². The summed E-state index contributed by atoms with van der Waals surface area (Å²) in [6.45, 7) is 0.873. The predicted molar refractivity (Wildman–Crippen MR) is 52.8 cm³/mol. The highest BCUT2D eigenvalue weighted by molar-refractivity contribution is 7.80. The van der Waals surface area contributed by atoms with Crippen molar-refractivity contribution in [3.05, 3.63) is 0 Å². The monoisotopic (exact) mass is 201 g/mol. The molecule has 0 amide bonds. The van der Waals surface area contributed by atoms with E-state index in [0.717, 1.165) is 18.6 Å². The van der Waals surface area contributed by atoms with Crippen LogP contribution in [0.5, 0.6) is 0 Å². The highest BCUT2D eigenvalue weighted by atomic mass is 32.1. The van der Waals surface area contributed by atoms with E-state index < -0.39 is 0 Å². The van der Waals surface area contributed by atoms with Crippen molar-refractivity contribution < 1.29 is 9.53 Å². The second-order valence-corrected chi connectivity index (χ2v) is 4.44. The molecule has 0 bridgehead atoms. The number of rotatable bonds is 6. The Hall–Kier alpha value is -0.0600. The van der Waals surface area contributed by atoms with Gasteiger partial charge in [-0.3, -0.25) is 4.79 Å². The Labute approximate surface area is 83.4 Å². The van der Waals surface area contributed by atoms with Gasteiger partial charge in [-0.05, 0) is 24.5 Å². The number of Topliss-reactive ketones (excluding diaryl/α,β-unsaturated/α-hetero) is 1. The van der Waals surface area contributed by atoms with Gasteiger partial charge < -0.3 is 10.5 Å². The molecule has 0 spiro atoms. The minimum Gasteiger partial charge on any atom is -0.374 e. The van der Waals surface area contributed by atoms with E-state index in [-0.39, 0.29) is 23.8 Å². The second kappa shape index (κ2) is 3.26. The zero-order chi connectivity index (χ0) is 9.47. The summed E-state index contributed by atoms with van der Waals surface area (Å²) in [5.41, 5.74) is 5.73. The van der Waals surface area contributed by atoms with Gasteiger partial charge in [0.1, 0.15) is 6.61 Å². The van der Waals surface area contributed by atoms with Crippen molar-refractivity contribution in [2.24, 2.45) is 17.6 Å². The molecule has 2 rings (SSSR count). The summed E-state index contributed by atoms with van der Waals surface area (Å²) in [5.74, 6) is 1.62. The smallest absolute Gasteiger partial charge is 0.163 e. The van der Waals surface area contributed by atoms with Gasteiger partial charge in [0.15, 0.2) is 5.78 Å². The fourth-order valence-electron chi connectivity index (χ4n) is 1.90. The SMILES string of the molecule is NC12CC1C2C(=O)COCCCS. The van der Waals surface area contributed by atoms with Crippen LogP contribution >= 0.6 is 12.6 Å². The van der Waals surface area contributed by atoms with Gasteiger partial charge in [0.05, 0.1) is 0 Å². The van der Waals surface area contributed by atoms with Crippen LogP contribution in [0, 0.1) is 11.8 Å². The molecule has 0 aliphatic heterocycles. The molecular formula is C9H15NO2S. The van der Waals surface area contributed by atoms with Crippen LogP contribution in [-0.4, -0.2) is 30.3 Å². The molecule has 4 heteroatoms. The van der Waals surface area contributed by atoms with E-state index in [4.69, 9.17) is 10.5 Å². The Balaban J connectivity index is 1.59. The summed E-state index contributed by atoms with van der Waals surface area (Å²) in [5, 5.41) is 0. The molecule has 2 N–H and O–H groups in total. The molecule has 0 saturated heterocycles. The molecule has 0 aromatic carbocycles. The Morgan fingerprint density at radius 1 is 1.69 bits per heavy atom. The summed E-state index contributed by atoms with van der Waals surface area (Å²) < 4.78 is 5.20. The van der Waals surface area contributed by atoms with E-state index in [1.54, 1.807) is 0 Å². The molecular weight excluding hydrogens is 186 g/mol. The maximum absolute atomic E-state index is 11.4. The zero-order valence-electron chi connectivity index (χ0n) is 7.53. The molecule has 2 fully saturated rings. The number of hydrogen-bond acceptors (Lipinski definition) is 4. The summed E-state index contributed by atoms with van der Waals surface area (Å²) in [7, 11) is 0. The van der Waals surface area contributed by atoms with Crippen LogP contribution in [0.25, 0.3) is 0 Å². The standard InChI is InChI=1S/C9H15NO2S/c10-9-4-6(9)8(9)7(11)5-12-2-1-3-13/h6,8,13H,1-5,10H2. The lowest BCUT2D eigenvalue weighted by Gasteiger charge is -2.06. The van der Waals surface area contributed by atoms with Gasteiger partial charge in [-0.25, -0.2) is 0 Å². The largest absolute Gasteiger partial charge is 0.374 e. The summed E-state index contributed by atoms with van der Waals surface area (Å²) in [4.78, 5) is 11.4. The number of nitrogens with two attached hydrogens (primary N) is 1. The van der Waals surface area contributed by atoms with Crippen molar-refractivity contribution in [1.82, 2.24) is 0 Å². The average molecular weight is 201 g/mol. The van der Waals surface area contributed by atoms with Gasteiger partial charge in [-0.15, -0.1) is 0 Å². The number of thiol groups is 1. The first-order chi connectivity index (χ1) is 6.20. The lowest BCUT2D eigenvalue weighted by Crippen LogP contribution is -2.25. The first kappa shape index (κ1) is 9.49. The van der Waals surface area contributed by atoms with Crippen molar-refractivity contribution >= 4 is 18.4 Å². The fourth-order valence-corrected chi connectivity index (χ4v) is 2.03. The van der Waals surface area contributed by atoms with Crippen LogP contribution in [0.2, 0.25) is 0 Å². The Morgan fingerprint density at radius 2 is 2.38 bits per heavy atom. The van der Waals surface area contributed by atoms with Crippen molar-refractivity contribution in [2.75, 3.05) is 19.0 Å². The van der Waals surface area contributed by atoms with E-state index in [1.807, 2.05) is 0 Å². The van der Waals surface area contributed by atoms with Crippen molar-refractivity contribution in [3.8, 4) is 0 Å². The molecule has 3 atom stereocenters. The average Bonchev–Trinajstić information content (AvgIpc) is 2.87. The van der Waals surface area contributed by atoms with Crippen LogP contribution in [0.1, 0.15) is 12.8 Å². The van der Waals surface area contributed by atoms with E-state index in [9.17, 15) is 4.79 Å². The molecule has 3 nitrogen and oxygen atoms in total. The molecule has 2 aliphatic rings. The van der Waals surface area contributed by atoms with Crippen LogP contribution < -0.4 is 5.73 Å². The van der Waals surface area contributed by atoms with Gasteiger partial charge in [-0.1, -0.05) is 0 Å². The molecule has 74 valence electrons. The zero-order valence-corrected chi connectivity index (χ0v) is 8.43. The summed E-state index contributed by atoms with van der Waals surface area (Å²) in [6, 6.07) is 0. The first-order valence-corrected chi connectivity index (χ1v) is 5.33. The number of ketones is 1. The van der Waals surface area contributed by atoms with Crippen LogP contribution in [0.3, 0.4) is 0 Å². The normalized spacial score (nSPS) is 39.8. The van der Waals surface area contributed by atoms with E-state index >= 15 is 0 Å². The van der Waals surface area contributed by atoms with E-state index in [2.05, 4.69) is 12.6 Å². The molecule has 0 heterocycles. The molecule has 2 aliphatic carbocycles. The third-order valence-electron chi connectivity index (χ3n) is 3.01. The van der Waals surface area contributed by atoms with Crippen LogP contribution in [0.15, 0.2) is 0 Å². The summed E-state index contributed by atoms with van der Waals surface area (Å²) in [6.07, 6.45) is 1.94. The van der Waals surface area contributed by atoms with E-state index in [1.165, 1.54) is 0 Å². The number of hydrogen-bond donors (Lipinski definition) is 2. The van der Waals surface area contributed by atoms with Gasteiger partial charge in [0.2, 0.25) is 0 Å². The van der Waals surface area contributed by atoms with Gasteiger partial charge >= 0.3 is 0 Å². The molecule has 0 radical (unpaired) electrons. The highest BCUT2D eigenvalue weighted by Gasteiger charge is 2.78. The minimum atomic E-state index is -0.0933. The lowest BCUT2D eigenvalue weighted by molar-refractivity contribution is -0.126. The highest BCUT2D eigenvalue weighted by Crippen LogP contribution is 2.70. The third-order valence-corrected chi connectivity index (χ3v) is 3.33. The Bertz CT molecular complexity index is 234. The minimum absolute atomic E-state index is 0.0933. The second-order valence-electron chi connectivity index (χ2n) is 4.00. The fraction of sp³-hybridized carbons (Fsp3) is 0.889. The van der Waals surface area contributed by atoms with Crippen LogP contribution in [0.4, 0.5) is 0 Å². The number of ether oxygens (including phenoxy) is 1. The molecule has 13 heavy (non-hydrogen) atoms. The molecule has 0 aromatic rings. The predicted octanol–water partition coefficient (Wildman–Crippen LogP) is 0.239. The maximum atomic E-state index is 11.4. The topological polar surface area (TPSA) is 52.3 Å². The van der Waals surface area contributed by atoms with Crippen molar-refractivity contribution in [1.29, 1.82) is 0 Å². The number of carbonyl (C=O) groups excluding carboxylic acids is 1. The third kappa shape index (κ3) is 1.63. The molecule has 0 aromatic heterocycles.